The highest BCUT2D eigenvalue weighted by Gasteiger charge is 2.20. The number of nitrogens with two attached hydrogens (primary N) is 1. The predicted octanol–water partition coefficient (Wildman–Crippen LogP) is 0.962. The summed E-state index contributed by atoms with van der Waals surface area (Å²) in [5.41, 5.74) is 5.39. The maximum Gasteiger partial charge on any atom is 0.220 e. The van der Waals surface area contributed by atoms with Crippen molar-refractivity contribution in [2.24, 2.45) is 11.7 Å². The molecule has 4 nitrogen and oxygen atoms in total. The first-order chi connectivity index (χ1) is 8.11. The molecular weight excluding hydrogens is 214 g/mol. The van der Waals surface area contributed by atoms with Crippen molar-refractivity contribution in [1.82, 2.24) is 10.2 Å². The number of piperidine rings is 1. The highest BCUT2D eigenvalue weighted by atomic mass is 16.1. The Labute approximate surface area is 105 Å². The number of hydrogen-bond acceptors (Lipinski definition) is 3. The van der Waals surface area contributed by atoms with Crippen LogP contribution in [0.4, 0.5) is 0 Å². The molecule has 0 aromatic rings. The van der Waals surface area contributed by atoms with Gasteiger partial charge in [-0.3, -0.25) is 4.79 Å². The number of carbonyl (C=O) groups is 1. The van der Waals surface area contributed by atoms with Crippen molar-refractivity contribution >= 4 is 5.91 Å². The van der Waals surface area contributed by atoms with Crippen molar-refractivity contribution in [1.29, 1.82) is 0 Å². The van der Waals surface area contributed by atoms with E-state index in [4.69, 9.17) is 5.73 Å². The second-order valence-corrected chi connectivity index (χ2v) is 5.43. The Morgan fingerprint density at radius 2 is 2.06 bits per heavy atom. The summed E-state index contributed by atoms with van der Waals surface area (Å²) in [5, 5.41) is 3.11. The molecule has 1 amide bonds. The Morgan fingerprint density at radius 1 is 1.41 bits per heavy atom. The predicted molar refractivity (Wildman–Crippen MR) is 70.7 cm³/mol. The molecule has 0 spiro atoms. The quantitative estimate of drug-likeness (QED) is 0.728. The van der Waals surface area contributed by atoms with Gasteiger partial charge in [0.05, 0.1) is 0 Å². The van der Waals surface area contributed by atoms with Crippen molar-refractivity contribution in [3.05, 3.63) is 0 Å². The van der Waals surface area contributed by atoms with Gasteiger partial charge in [-0.25, -0.2) is 0 Å². The van der Waals surface area contributed by atoms with E-state index in [2.05, 4.69) is 24.1 Å². The molecule has 0 aromatic carbocycles. The molecule has 0 unspecified atom stereocenters. The highest BCUT2D eigenvalue weighted by Crippen LogP contribution is 2.12. The summed E-state index contributed by atoms with van der Waals surface area (Å²) in [5.74, 6) is 0.892. The zero-order valence-electron chi connectivity index (χ0n) is 11.2. The number of carbonyl (C=O) groups excluding carboxylic acids is 1. The van der Waals surface area contributed by atoms with E-state index in [1.807, 2.05) is 0 Å². The van der Waals surface area contributed by atoms with Crippen LogP contribution in [0.2, 0.25) is 0 Å². The van der Waals surface area contributed by atoms with Crippen LogP contribution in [0.25, 0.3) is 0 Å². The van der Waals surface area contributed by atoms with Crippen LogP contribution < -0.4 is 11.1 Å². The number of likely N-dealkylation sites (tertiary alicyclic amines) is 1. The van der Waals surface area contributed by atoms with Crippen LogP contribution in [0.3, 0.4) is 0 Å². The van der Waals surface area contributed by atoms with Crippen LogP contribution in [0.5, 0.6) is 0 Å². The number of nitrogens with zero attached hydrogens (tertiary/aromatic N) is 1. The lowest BCUT2D eigenvalue weighted by molar-refractivity contribution is -0.122. The minimum Gasteiger partial charge on any atom is -0.353 e. The van der Waals surface area contributed by atoms with Gasteiger partial charge in [-0.05, 0) is 31.7 Å². The third kappa shape index (κ3) is 6.03. The zero-order valence-corrected chi connectivity index (χ0v) is 11.2. The standard InChI is InChI=1S/C13H27N3O/c1-11(2)10-16-8-5-12(6-9-16)15-13(17)4-3-7-14/h11-12H,3-10,14H2,1-2H3,(H,15,17). The molecule has 0 aliphatic carbocycles. The molecule has 100 valence electrons. The summed E-state index contributed by atoms with van der Waals surface area (Å²) in [6.45, 7) is 8.50. The van der Waals surface area contributed by atoms with Gasteiger partial charge in [-0.1, -0.05) is 13.8 Å². The smallest absolute Gasteiger partial charge is 0.220 e. The van der Waals surface area contributed by atoms with Crippen LogP contribution in [-0.4, -0.2) is 43.0 Å². The topological polar surface area (TPSA) is 58.4 Å². The average molecular weight is 241 g/mol. The van der Waals surface area contributed by atoms with Crippen LogP contribution in [-0.2, 0) is 4.79 Å². The monoisotopic (exact) mass is 241 g/mol. The maximum atomic E-state index is 11.5. The van der Waals surface area contributed by atoms with Gasteiger partial charge in [0.2, 0.25) is 5.91 Å². The van der Waals surface area contributed by atoms with Crippen LogP contribution >= 0.6 is 0 Å². The Morgan fingerprint density at radius 3 is 2.59 bits per heavy atom. The Hall–Kier alpha value is -0.610. The normalized spacial score (nSPS) is 18.6. The van der Waals surface area contributed by atoms with Crippen LogP contribution in [0.1, 0.15) is 39.5 Å². The van der Waals surface area contributed by atoms with Gasteiger partial charge in [0.15, 0.2) is 0 Å². The van der Waals surface area contributed by atoms with E-state index >= 15 is 0 Å². The highest BCUT2D eigenvalue weighted by molar-refractivity contribution is 5.76. The summed E-state index contributed by atoms with van der Waals surface area (Å²) >= 11 is 0. The van der Waals surface area contributed by atoms with E-state index in [9.17, 15) is 4.79 Å². The van der Waals surface area contributed by atoms with Gasteiger partial charge < -0.3 is 16.0 Å². The number of nitrogens with one attached hydrogen (secondary N) is 1. The second-order valence-electron chi connectivity index (χ2n) is 5.43. The summed E-state index contributed by atoms with van der Waals surface area (Å²) in [4.78, 5) is 14.0. The van der Waals surface area contributed by atoms with Crippen LogP contribution in [0.15, 0.2) is 0 Å². The average Bonchev–Trinajstić information content (AvgIpc) is 2.28. The van der Waals surface area contributed by atoms with E-state index in [1.165, 1.54) is 6.54 Å². The molecule has 1 heterocycles. The molecular formula is C13H27N3O. The molecule has 0 radical (unpaired) electrons. The van der Waals surface area contributed by atoms with Gasteiger partial charge in [-0.15, -0.1) is 0 Å². The zero-order chi connectivity index (χ0) is 12.7. The lowest BCUT2D eigenvalue weighted by Gasteiger charge is -2.33. The fraction of sp³-hybridized carbons (Fsp3) is 0.923. The first kappa shape index (κ1) is 14.5. The first-order valence-electron chi connectivity index (χ1n) is 6.83. The van der Waals surface area contributed by atoms with Crippen molar-refractivity contribution in [2.45, 2.75) is 45.6 Å². The fourth-order valence-corrected chi connectivity index (χ4v) is 2.34. The molecule has 0 aromatic heterocycles. The molecule has 17 heavy (non-hydrogen) atoms. The van der Waals surface area contributed by atoms with Gasteiger partial charge in [0.25, 0.3) is 0 Å². The maximum absolute atomic E-state index is 11.5. The lowest BCUT2D eigenvalue weighted by Crippen LogP contribution is -2.45. The Bertz CT molecular complexity index is 223. The number of hydrogen-bond donors (Lipinski definition) is 2. The largest absolute Gasteiger partial charge is 0.353 e. The van der Waals surface area contributed by atoms with Crippen molar-refractivity contribution < 1.29 is 4.79 Å². The Balaban J connectivity index is 2.16. The summed E-state index contributed by atoms with van der Waals surface area (Å²) in [6, 6.07) is 0.378. The molecule has 4 heteroatoms. The molecule has 0 atom stereocenters. The lowest BCUT2D eigenvalue weighted by atomic mass is 10.0. The summed E-state index contributed by atoms with van der Waals surface area (Å²) < 4.78 is 0. The second kappa shape index (κ2) is 7.67. The molecule has 1 aliphatic rings. The molecule has 0 saturated carbocycles. The molecule has 1 aliphatic heterocycles. The number of amides is 1. The Kier molecular flexibility index (Phi) is 6.52. The molecule has 3 N–H and O–H groups in total. The third-order valence-electron chi connectivity index (χ3n) is 3.18. The summed E-state index contributed by atoms with van der Waals surface area (Å²) in [6.07, 6.45) is 3.53. The molecule has 1 saturated heterocycles. The van der Waals surface area contributed by atoms with Crippen molar-refractivity contribution in [3.63, 3.8) is 0 Å². The SMILES string of the molecule is CC(C)CN1CCC(NC(=O)CCCN)CC1. The first-order valence-corrected chi connectivity index (χ1v) is 6.83. The van der Waals surface area contributed by atoms with Gasteiger partial charge in [-0.2, -0.15) is 0 Å². The van der Waals surface area contributed by atoms with E-state index < -0.39 is 0 Å². The summed E-state index contributed by atoms with van der Waals surface area (Å²) in [7, 11) is 0. The van der Waals surface area contributed by atoms with E-state index in [0.717, 1.165) is 38.3 Å². The number of rotatable bonds is 6. The molecule has 1 fully saturated rings. The minimum absolute atomic E-state index is 0.165. The van der Waals surface area contributed by atoms with Gasteiger partial charge in [0.1, 0.15) is 0 Å². The third-order valence-corrected chi connectivity index (χ3v) is 3.18. The van der Waals surface area contributed by atoms with E-state index in [1.54, 1.807) is 0 Å². The molecule has 1 rings (SSSR count). The van der Waals surface area contributed by atoms with Gasteiger partial charge in [0, 0.05) is 32.1 Å². The van der Waals surface area contributed by atoms with E-state index in [0.29, 0.717) is 19.0 Å². The molecule has 0 bridgehead atoms. The van der Waals surface area contributed by atoms with Crippen molar-refractivity contribution in [3.8, 4) is 0 Å². The van der Waals surface area contributed by atoms with Crippen LogP contribution in [0, 0.1) is 5.92 Å². The van der Waals surface area contributed by atoms with Gasteiger partial charge >= 0.3 is 0 Å². The van der Waals surface area contributed by atoms with E-state index in [-0.39, 0.29) is 5.91 Å². The van der Waals surface area contributed by atoms with Crippen molar-refractivity contribution in [2.75, 3.05) is 26.2 Å². The minimum atomic E-state index is 0.165. The fourth-order valence-electron chi connectivity index (χ4n) is 2.34.